The molecule has 3 rings (SSSR count). The van der Waals surface area contributed by atoms with Crippen LogP contribution in [0.2, 0.25) is 0 Å². The largest absolute Gasteiger partial charge is 0.507 e. The summed E-state index contributed by atoms with van der Waals surface area (Å²) in [4.78, 5) is 23.9. The van der Waals surface area contributed by atoms with Gasteiger partial charge in [0.2, 0.25) is 5.75 Å². The number of hydrogen-bond donors (Lipinski definition) is 1. The van der Waals surface area contributed by atoms with Crippen molar-refractivity contribution in [2.24, 2.45) is 0 Å². The van der Waals surface area contributed by atoms with Crippen molar-refractivity contribution in [1.29, 1.82) is 0 Å². The van der Waals surface area contributed by atoms with Gasteiger partial charge in [0.25, 0.3) is 0 Å². The third kappa shape index (κ3) is 2.78. The number of benzene rings is 2. The Labute approximate surface area is 138 Å². The Morgan fingerprint density at radius 2 is 2.00 bits per heavy atom. The molecule has 124 valence electrons. The highest BCUT2D eigenvalue weighted by atomic mass is 16.6. The Kier molecular flexibility index (Phi) is 4.12. The van der Waals surface area contributed by atoms with E-state index in [1.54, 1.807) is 0 Å². The van der Waals surface area contributed by atoms with Gasteiger partial charge in [0.05, 0.1) is 13.5 Å². The van der Waals surface area contributed by atoms with Crippen LogP contribution in [0.3, 0.4) is 0 Å². The van der Waals surface area contributed by atoms with Crippen LogP contribution >= 0.6 is 0 Å². The molecule has 0 saturated carbocycles. The smallest absolute Gasteiger partial charge is 0.308 e. The topological polar surface area (TPSA) is 82.1 Å². The van der Waals surface area contributed by atoms with Crippen LogP contribution in [0.15, 0.2) is 36.4 Å². The lowest BCUT2D eigenvalue weighted by atomic mass is 9.95. The number of fused-ring (bicyclic) bond motifs is 1. The highest BCUT2D eigenvalue weighted by Crippen LogP contribution is 2.50. The molecule has 1 aliphatic rings. The number of rotatable bonds is 3. The molecule has 2 aromatic rings. The van der Waals surface area contributed by atoms with Gasteiger partial charge in [-0.2, -0.15) is 0 Å². The minimum absolute atomic E-state index is 0.000712. The number of ether oxygens (including phenoxy) is 3. The first kappa shape index (κ1) is 15.9. The molecule has 1 N–H and O–H groups in total. The Bertz CT molecular complexity index is 797. The second kappa shape index (κ2) is 6.23. The standard InChI is InChI=1S/C18H16O6/c1-10(19)23-17-15(22-2)9-13(21)16-12(20)8-14(24-18(16)17)11-6-4-3-5-7-11/h3-7,9,14,21H,8H2,1-2H3/t14-/m1/s1. The third-order valence-electron chi connectivity index (χ3n) is 3.73. The first-order valence-electron chi connectivity index (χ1n) is 7.38. The van der Waals surface area contributed by atoms with Crippen LogP contribution in [-0.4, -0.2) is 24.0 Å². The second-order valence-electron chi connectivity index (χ2n) is 5.37. The van der Waals surface area contributed by atoms with Gasteiger partial charge in [0.15, 0.2) is 17.3 Å². The molecule has 0 aliphatic carbocycles. The van der Waals surface area contributed by atoms with Gasteiger partial charge in [-0.3, -0.25) is 9.59 Å². The van der Waals surface area contributed by atoms with Crippen molar-refractivity contribution in [2.75, 3.05) is 7.11 Å². The number of ketones is 1. The van der Waals surface area contributed by atoms with Gasteiger partial charge in [-0.25, -0.2) is 0 Å². The number of Topliss-reactive ketones (excluding diaryl/α,β-unsaturated/α-hetero) is 1. The van der Waals surface area contributed by atoms with Crippen LogP contribution < -0.4 is 14.2 Å². The fraction of sp³-hybridized carbons (Fsp3) is 0.222. The van der Waals surface area contributed by atoms with Crippen molar-refractivity contribution in [1.82, 2.24) is 0 Å². The molecule has 2 aromatic carbocycles. The van der Waals surface area contributed by atoms with Gasteiger partial charge >= 0.3 is 5.97 Å². The summed E-state index contributed by atoms with van der Waals surface area (Å²) in [5.41, 5.74) is 0.812. The fourth-order valence-corrected chi connectivity index (χ4v) is 2.69. The van der Waals surface area contributed by atoms with E-state index >= 15 is 0 Å². The number of carbonyl (C=O) groups is 2. The molecule has 0 fully saturated rings. The maximum atomic E-state index is 12.5. The van der Waals surface area contributed by atoms with E-state index in [1.165, 1.54) is 20.1 Å². The number of phenols is 1. The van der Waals surface area contributed by atoms with Crippen LogP contribution in [0.4, 0.5) is 0 Å². The summed E-state index contributed by atoms with van der Waals surface area (Å²) >= 11 is 0. The quantitative estimate of drug-likeness (QED) is 0.689. The number of aromatic hydroxyl groups is 1. The predicted octanol–water partition coefficient (Wildman–Crippen LogP) is 3.03. The van der Waals surface area contributed by atoms with Gasteiger partial charge in [-0.05, 0) is 5.56 Å². The van der Waals surface area contributed by atoms with E-state index in [0.29, 0.717) is 0 Å². The third-order valence-corrected chi connectivity index (χ3v) is 3.73. The maximum absolute atomic E-state index is 12.5. The van der Waals surface area contributed by atoms with E-state index in [2.05, 4.69) is 0 Å². The molecule has 0 unspecified atom stereocenters. The van der Waals surface area contributed by atoms with Crippen molar-refractivity contribution in [2.45, 2.75) is 19.4 Å². The molecule has 0 aromatic heterocycles. The van der Waals surface area contributed by atoms with Crippen LogP contribution in [0.25, 0.3) is 0 Å². The van der Waals surface area contributed by atoms with E-state index in [1.807, 2.05) is 30.3 Å². The molecule has 0 amide bonds. The van der Waals surface area contributed by atoms with E-state index in [0.717, 1.165) is 5.56 Å². The fourth-order valence-electron chi connectivity index (χ4n) is 2.69. The van der Waals surface area contributed by atoms with Crippen molar-refractivity contribution in [3.63, 3.8) is 0 Å². The number of methoxy groups -OCH3 is 1. The van der Waals surface area contributed by atoms with Gasteiger partial charge < -0.3 is 19.3 Å². The van der Waals surface area contributed by atoms with Crippen molar-refractivity contribution in [3.05, 3.63) is 47.5 Å². The van der Waals surface area contributed by atoms with Crippen LogP contribution in [0, 0.1) is 0 Å². The van der Waals surface area contributed by atoms with Crippen molar-refractivity contribution >= 4 is 11.8 Å². The lowest BCUT2D eigenvalue weighted by Crippen LogP contribution is -2.22. The van der Waals surface area contributed by atoms with Crippen molar-refractivity contribution < 1.29 is 28.9 Å². The van der Waals surface area contributed by atoms with Crippen LogP contribution in [-0.2, 0) is 4.79 Å². The summed E-state index contributed by atoms with van der Waals surface area (Å²) in [5, 5.41) is 10.1. The van der Waals surface area contributed by atoms with Gasteiger partial charge in [-0.1, -0.05) is 30.3 Å². The molecule has 0 radical (unpaired) electrons. The molecule has 1 heterocycles. The average Bonchev–Trinajstić information content (AvgIpc) is 2.57. The molecule has 24 heavy (non-hydrogen) atoms. The number of esters is 1. The first-order chi connectivity index (χ1) is 11.5. The highest BCUT2D eigenvalue weighted by molar-refractivity contribution is 6.04. The Hall–Kier alpha value is -3.02. The summed E-state index contributed by atoms with van der Waals surface area (Å²) < 4.78 is 16.2. The zero-order valence-electron chi connectivity index (χ0n) is 13.2. The monoisotopic (exact) mass is 328 g/mol. The van der Waals surface area contributed by atoms with E-state index in [9.17, 15) is 14.7 Å². The molecule has 6 nitrogen and oxygen atoms in total. The van der Waals surface area contributed by atoms with Crippen molar-refractivity contribution in [3.8, 4) is 23.0 Å². The normalized spacial score (nSPS) is 16.1. The van der Waals surface area contributed by atoms with E-state index in [-0.39, 0.29) is 40.8 Å². The Morgan fingerprint density at radius 1 is 1.29 bits per heavy atom. The average molecular weight is 328 g/mol. The van der Waals surface area contributed by atoms with Gasteiger partial charge in [0, 0.05) is 13.0 Å². The minimum Gasteiger partial charge on any atom is -0.507 e. The summed E-state index contributed by atoms with van der Waals surface area (Å²) in [7, 11) is 1.37. The molecular weight excluding hydrogens is 312 g/mol. The second-order valence-corrected chi connectivity index (χ2v) is 5.37. The number of phenolic OH excluding ortho intramolecular Hbond substituents is 1. The molecule has 1 aliphatic heterocycles. The highest BCUT2D eigenvalue weighted by Gasteiger charge is 2.35. The van der Waals surface area contributed by atoms with E-state index in [4.69, 9.17) is 14.2 Å². The summed E-state index contributed by atoms with van der Waals surface area (Å²) in [6.07, 6.45) is -0.455. The Morgan fingerprint density at radius 3 is 2.62 bits per heavy atom. The molecule has 0 bridgehead atoms. The lowest BCUT2D eigenvalue weighted by molar-refractivity contribution is -0.132. The van der Waals surface area contributed by atoms with Gasteiger partial charge in [-0.15, -0.1) is 0 Å². The van der Waals surface area contributed by atoms with E-state index < -0.39 is 12.1 Å². The molecule has 0 spiro atoms. The maximum Gasteiger partial charge on any atom is 0.308 e. The Balaban J connectivity index is 2.13. The molecular formula is C18H16O6. The summed E-state index contributed by atoms with van der Waals surface area (Å²) in [5.74, 6) is -1.02. The number of carbonyl (C=O) groups excluding carboxylic acids is 2. The summed E-state index contributed by atoms with van der Waals surface area (Å²) in [6, 6.07) is 10.5. The van der Waals surface area contributed by atoms with Crippen LogP contribution in [0.5, 0.6) is 23.0 Å². The zero-order valence-corrected chi connectivity index (χ0v) is 13.2. The zero-order chi connectivity index (χ0) is 17.3. The summed E-state index contributed by atoms with van der Waals surface area (Å²) in [6.45, 7) is 1.23. The predicted molar refractivity (Wildman–Crippen MR) is 84.7 cm³/mol. The lowest BCUT2D eigenvalue weighted by Gasteiger charge is -2.28. The molecule has 6 heteroatoms. The number of hydrogen-bond acceptors (Lipinski definition) is 6. The molecule has 1 atom stereocenters. The van der Waals surface area contributed by atoms with Gasteiger partial charge in [0.1, 0.15) is 17.4 Å². The van der Waals surface area contributed by atoms with Crippen LogP contribution in [0.1, 0.15) is 35.4 Å². The first-order valence-corrected chi connectivity index (χ1v) is 7.38. The molecule has 0 saturated heterocycles. The SMILES string of the molecule is COc1cc(O)c2c(c1OC(C)=O)O[C@@H](c1ccccc1)CC2=O. The minimum atomic E-state index is -0.584.